The molecule has 6 unspecified atom stereocenters. The summed E-state index contributed by atoms with van der Waals surface area (Å²) >= 11 is 0. The topological polar surface area (TPSA) is 46.4 Å². The van der Waals surface area contributed by atoms with Crippen LogP contribution in [0.2, 0.25) is 0 Å². The van der Waals surface area contributed by atoms with Crippen LogP contribution in [0.4, 0.5) is 0 Å². The Bertz CT molecular complexity index is 424. The third-order valence-corrected chi connectivity index (χ3v) is 6.74. The highest BCUT2D eigenvalue weighted by Gasteiger charge is 2.45. The maximum Gasteiger partial charge on any atom is 0.237 e. The number of hydrazine groups is 1. The summed E-state index contributed by atoms with van der Waals surface area (Å²) < 4.78 is 0. The van der Waals surface area contributed by atoms with E-state index in [0.29, 0.717) is 35.5 Å². The lowest BCUT2D eigenvalue weighted by atomic mass is 9.73. The highest BCUT2D eigenvalue weighted by Crippen LogP contribution is 2.39. The first-order valence-corrected chi connectivity index (χ1v) is 10.1. The quantitative estimate of drug-likeness (QED) is 0.498. The second-order valence-corrected chi connectivity index (χ2v) is 9.39. The molecule has 2 saturated carbocycles. The zero-order chi connectivity index (χ0) is 18.0. The van der Waals surface area contributed by atoms with E-state index < -0.39 is 0 Å². The average Bonchev–Trinajstić information content (AvgIpc) is 2.52. The monoisotopic (exact) mass is 338 g/mol. The zero-order valence-electron chi connectivity index (χ0n) is 16.6. The van der Waals surface area contributed by atoms with Crippen molar-refractivity contribution in [3.8, 4) is 0 Å². The van der Waals surface area contributed by atoms with E-state index >= 15 is 0 Å². The van der Waals surface area contributed by atoms with Crippen LogP contribution in [0.25, 0.3) is 0 Å². The summed E-state index contributed by atoms with van der Waals surface area (Å²) in [6.07, 6.45) is 6.23. The molecule has 0 aliphatic heterocycles. The molecule has 0 spiro atoms. The second-order valence-electron chi connectivity index (χ2n) is 9.39. The molecule has 0 amide bonds. The van der Waals surface area contributed by atoms with Gasteiger partial charge in [0.25, 0.3) is 0 Å². The minimum Gasteiger partial charge on any atom is -0.704 e. The van der Waals surface area contributed by atoms with Crippen LogP contribution in [0.15, 0.2) is 0 Å². The van der Waals surface area contributed by atoms with Crippen molar-refractivity contribution < 1.29 is 4.87 Å². The van der Waals surface area contributed by atoms with Crippen molar-refractivity contribution in [2.24, 2.45) is 35.5 Å². The first-order valence-electron chi connectivity index (χ1n) is 10.1. The van der Waals surface area contributed by atoms with Gasteiger partial charge in [-0.1, -0.05) is 48.0 Å². The Morgan fingerprint density at radius 2 is 1.38 bits per heavy atom. The molecule has 0 aromatic carbocycles. The van der Waals surface area contributed by atoms with E-state index in [2.05, 4.69) is 41.5 Å². The van der Waals surface area contributed by atoms with Gasteiger partial charge in [0, 0.05) is 12.3 Å². The van der Waals surface area contributed by atoms with E-state index in [1.807, 2.05) is 0 Å². The molecule has 140 valence electrons. The van der Waals surface area contributed by atoms with Gasteiger partial charge in [0.15, 0.2) is 0 Å². The Hall–Kier alpha value is -0.640. The highest BCUT2D eigenvalue weighted by atomic mass is 16.6. The minimum absolute atomic E-state index is 0.142. The zero-order valence-corrected chi connectivity index (χ0v) is 16.6. The SMILES string of the molecule is CC1CCC(C(C)C)C(N([O-])[N+](=O)C2CC(C)CCC2C(C)C)C1. The van der Waals surface area contributed by atoms with Gasteiger partial charge in [-0.3, -0.25) is 0 Å². The number of nitroso groups, excluding NO2 is 1. The molecule has 0 N–H and O–H groups in total. The molecular formula is C20H38N2O2. The van der Waals surface area contributed by atoms with Gasteiger partial charge in [-0.15, -0.1) is 0 Å². The van der Waals surface area contributed by atoms with Crippen LogP contribution in [0, 0.1) is 45.6 Å². The molecule has 0 aromatic rings. The molecule has 4 heteroatoms. The van der Waals surface area contributed by atoms with E-state index in [1.54, 1.807) is 0 Å². The number of nitrogens with zero attached hydrogens (tertiary/aromatic N) is 2. The lowest BCUT2D eigenvalue weighted by Crippen LogP contribution is -2.52. The fourth-order valence-corrected chi connectivity index (χ4v) is 5.10. The molecule has 6 atom stereocenters. The van der Waals surface area contributed by atoms with E-state index in [1.165, 1.54) is 12.8 Å². The molecule has 4 nitrogen and oxygen atoms in total. The Labute approximate surface area is 148 Å². The van der Waals surface area contributed by atoms with Crippen LogP contribution in [0.3, 0.4) is 0 Å². The summed E-state index contributed by atoms with van der Waals surface area (Å²) in [6.45, 7) is 13.2. The smallest absolute Gasteiger partial charge is 0.237 e. The van der Waals surface area contributed by atoms with Gasteiger partial charge >= 0.3 is 0 Å². The average molecular weight is 339 g/mol. The summed E-state index contributed by atoms with van der Waals surface area (Å²) in [5.41, 5.74) is 0. The summed E-state index contributed by atoms with van der Waals surface area (Å²) in [5, 5.41) is 13.9. The van der Waals surface area contributed by atoms with E-state index in [4.69, 9.17) is 0 Å². The third kappa shape index (κ3) is 4.30. The van der Waals surface area contributed by atoms with Gasteiger partial charge in [-0.25, -0.2) is 0 Å². The Morgan fingerprint density at radius 1 is 0.875 bits per heavy atom. The van der Waals surface area contributed by atoms with E-state index in [9.17, 15) is 10.1 Å². The molecule has 0 heterocycles. The predicted molar refractivity (Wildman–Crippen MR) is 99.1 cm³/mol. The summed E-state index contributed by atoms with van der Waals surface area (Å²) in [4.78, 5) is 13.9. The van der Waals surface area contributed by atoms with Crippen LogP contribution < -0.4 is 0 Å². The van der Waals surface area contributed by atoms with Gasteiger partial charge in [0.05, 0.1) is 10.9 Å². The fourth-order valence-electron chi connectivity index (χ4n) is 5.10. The van der Waals surface area contributed by atoms with Crippen molar-refractivity contribution in [2.45, 2.75) is 92.2 Å². The molecule has 0 aromatic heterocycles. The van der Waals surface area contributed by atoms with Crippen molar-refractivity contribution in [2.75, 3.05) is 0 Å². The predicted octanol–water partition coefficient (Wildman–Crippen LogP) is 5.40. The summed E-state index contributed by atoms with van der Waals surface area (Å²) in [6, 6.07) is -0.285. The number of hydrogen-bond acceptors (Lipinski definition) is 2. The maximum atomic E-state index is 13.1. The third-order valence-electron chi connectivity index (χ3n) is 6.74. The Morgan fingerprint density at radius 3 is 1.92 bits per heavy atom. The molecule has 2 fully saturated rings. The van der Waals surface area contributed by atoms with E-state index in [0.717, 1.165) is 35.7 Å². The number of hydrogen-bond donors (Lipinski definition) is 0. The lowest BCUT2D eigenvalue weighted by Gasteiger charge is -2.44. The molecule has 0 radical (unpaired) electrons. The van der Waals surface area contributed by atoms with Crippen molar-refractivity contribution >= 4 is 0 Å². The van der Waals surface area contributed by atoms with Gasteiger partial charge in [-0.05, 0) is 55.3 Å². The number of rotatable bonds is 5. The van der Waals surface area contributed by atoms with Crippen LogP contribution >= 0.6 is 0 Å². The van der Waals surface area contributed by atoms with Gasteiger partial charge in [0.2, 0.25) is 6.04 Å². The Balaban J connectivity index is 2.15. The first-order chi connectivity index (χ1) is 11.2. The van der Waals surface area contributed by atoms with Crippen molar-refractivity contribution in [1.29, 1.82) is 0 Å². The van der Waals surface area contributed by atoms with Crippen molar-refractivity contribution in [3.63, 3.8) is 0 Å². The summed E-state index contributed by atoms with van der Waals surface area (Å²) in [7, 11) is 0. The number of hydroxylamine groups is 1. The van der Waals surface area contributed by atoms with Gasteiger partial charge < -0.3 is 5.21 Å². The summed E-state index contributed by atoms with van der Waals surface area (Å²) in [5.74, 6) is 2.68. The Kier molecular flexibility index (Phi) is 6.69. The normalized spacial score (nSPS) is 37.7. The van der Waals surface area contributed by atoms with Crippen LogP contribution in [-0.4, -0.2) is 22.1 Å². The van der Waals surface area contributed by atoms with Crippen molar-refractivity contribution in [1.82, 2.24) is 5.17 Å². The molecule has 2 aliphatic rings. The molecule has 2 aliphatic carbocycles. The maximum absolute atomic E-state index is 13.1. The second kappa shape index (κ2) is 8.16. The largest absolute Gasteiger partial charge is 0.704 e. The molecule has 24 heavy (non-hydrogen) atoms. The first kappa shape index (κ1) is 19.7. The van der Waals surface area contributed by atoms with E-state index in [-0.39, 0.29) is 12.1 Å². The fraction of sp³-hybridized carbons (Fsp3) is 1.00. The minimum atomic E-state index is -0.142. The molecule has 0 bridgehead atoms. The lowest BCUT2D eigenvalue weighted by molar-refractivity contribution is -0.740. The van der Waals surface area contributed by atoms with Gasteiger partial charge in [0.1, 0.15) is 4.87 Å². The van der Waals surface area contributed by atoms with Crippen LogP contribution in [0.5, 0.6) is 0 Å². The standard InChI is InChI=1S/C20H38N2O2/c1-13(2)17-9-7-15(5)11-19(17)21(23)22(24)20-12-16(6)8-10-18(20)14(3)4/h13-20H,7-12H2,1-6H3. The molecule has 0 saturated heterocycles. The van der Waals surface area contributed by atoms with Crippen LogP contribution in [-0.2, 0) is 0 Å². The molecule has 2 rings (SSSR count). The molecular weight excluding hydrogens is 300 g/mol. The van der Waals surface area contributed by atoms with Gasteiger partial charge in [-0.2, -0.15) is 5.17 Å². The van der Waals surface area contributed by atoms with Crippen LogP contribution in [0.1, 0.15) is 80.1 Å². The highest BCUT2D eigenvalue weighted by molar-refractivity contribution is 4.86. The van der Waals surface area contributed by atoms with Crippen molar-refractivity contribution in [3.05, 3.63) is 10.1 Å².